The van der Waals surface area contributed by atoms with Gasteiger partial charge in [-0.15, -0.1) is 0 Å². The molecule has 2 aliphatic heterocycles. The molecule has 3 amide bonds. The average molecular weight is 572 g/mol. The Morgan fingerprint density at radius 3 is 2.47 bits per heavy atom. The van der Waals surface area contributed by atoms with Gasteiger partial charge in [-0.2, -0.15) is 0 Å². The lowest BCUT2D eigenvalue weighted by atomic mass is 9.94. The van der Waals surface area contributed by atoms with E-state index in [2.05, 4.69) is 21.3 Å². The van der Waals surface area contributed by atoms with E-state index in [4.69, 9.17) is 23.2 Å². The van der Waals surface area contributed by atoms with Gasteiger partial charge in [0.05, 0.1) is 28.3 Å². The molecule has 1 aliphatic carbocycles. The number of Topliss-reactive ketones (excluding diaryl/α,β-unsaturated/α-hetero) is 1. The number of likely N-dealkylation sites (tertiary alicyclic amines) is 1. The summed E-state index contributed by atoms with van der Waals surface area (Å²) in [6.07, 6.45) is -0.187. The number of fused-ring (bicyclic) bond motifs is 1. The fourth-order valence-electron chi connectivity index (χ4n) is 5.88. The molecule has 4 rings (SSSR count). The first-order valence-corrected chi connectivity index (χ1v) is 13.3. The van der Waals surface area contributed by atoms with Gasteiger partial charge < -0.3 is 26.0 Å². The number of benzene rings is 1. The van der Waals surface area contributed by atoms with Crippen molar-refractivity contribution < 1.29 is 28.7 Å². The average Bonchev–Trinajstić information content (AvgIpc) is 3.20. The lowest BCUT2D eigenvalue weighted by molar-refractivity contribution is -0.143. The lowest BCUT2D eigenvalue weighted by Crippen LogP contribution is -2.56. The van der Waals surface area contributed by atoms with Gasteiger partial charge in [-0.05, 0) is 48.8 Å². The van der Waals surface area contributed by atoms with E-state index < -0.39 is 47.6 Å². The summed E-state index contributed by atoms with van der Waals surface area (Å²) in [6, 6.07) is 0.138. The molecule has 2 saturated heterocycles. The molecule has 1 aromatic rings. The van der Waals surface area contributed by atoms with E-state index in [0.29, 0.717) is 19.5 Å². The quantitative estimate of drug-likeness (QED) is 0.280. The van der Waals surface area contributed by atoms with Crippen LogP contribution < -0.4 is 21.3 Å². The number of aliphatic hydroxyl groups is 1. The zero-order chi connectivity index (χ0) is 27.9. The van der Waals surface area contributed by atoms with Crippen molar-refractivity contribution >= 4 is 52.4 Å². The Morgan fingerprint density at radius 1 is 1.24 bits per heavy atom. The molecule has 2 unspecified atom stereocenters. The Hall–Kier alpha value is -2.47. The second-order valence-corrected chi connectivity index (χ2v) is 11.5. The Bertz CT molecular complexity index is 1130. The highest BCUT2D eigenvalue weighted by Crippen LogP contribution is 2.64. The smallest absolute Gasteiger partial charge is 0.289 e. The Kier molecular flexibility index (Phi) is 8.23. The fraction of sp³-hybridized carbons (Fsp3) is 0.600. The number of carbonyl (C=O) groups excluding carboxylic acids is 4. The Balaban J connectivity index is 1.50. The summed E-state index contributed by atoms with van der Waals surface area (Å²) < 4.78 is 13.5. The van der Waals surface area contributed by atoms with Crippen LogP contribution in [0.3, 0.4) is 0 Å². The van der Waals surface area contributed by atoms with Crippen molar-refractivity contribution in [3.63, 3.8) is 0 Å². The fourth-order valence-corrected chi connectivity index (χ4v) is 6.47. The van der Waals surface area contributed by atoms with Crippen LogP contribution in [0.5, 0.6) is 0 Å². The summed E-state index contributed by atoms with van der Waals surface area (Å²) in [5, 5.41) is 20.9. The van der Waals surface area contributed by atoms with E-state index >= 15 is 0 Å². The summed E-state index contributed by atoms with van der Waals surface area (Å²) >= 11 is 12.1. The maximum Gasteiger partial charge on any atom is 0.289 e. The van der Waals surface area contributed by atoms with Crippen molar-refractivity contribution in [1.82, 2.24) is 20.9 Å². The largest absolute Gasteiger partial charge is 0.378 e. The minimum absolute atomic E-state index is 0.0154. The third kappa shape index (κ3) is 5.47. The van der Waals surface area contributed by atoms with Gasteiger partial charge in [0.1, 0.15) is 18.1 Å². The lowest BCUT2D eigenvalue weighted by Gasteiger charge is -2.32. The number of ketones is 1. The van der Waals surface area contributed by atoms with Crippen LogP contribution in [-0.2, 0) is 19.2 Å². The van der Waals surface area contributed by atoms with Crippen molar-refractivity contribution in [1.29, 1.82) is 0 Å². The van der Waals surface area contributed by atoms with Crippen LogP contribution in [0, 0.1) is 29.0 Å². The van der Waals surface area contributed by atoms with E-state index in [-0.39, 0.29) is 51.9 Å². The number of likely N-dealkylation sites (N-methyl/N-ethyl adjacent to an activating group) is 1. The first kappa shape index (κ1) is 28.5. The third-order valence-corrected chi connectivity index (χ3v) is 8.75. The van der Waals surface area contributed by atoms with Gasteiger partial charge in [-0.1, -0.05) is 37.0 Å². The van der Waals surface area contributed by atoms with E-state index in [1.54, 1.807) is 0 Å². The number of halogens is 3. The predicted octanol–water partition coefficient (Wildman–Crippen LogP) is 1.15. The molecule has 0 radical (unpaired) electrons. The maximum atomic E-state index is 13.6. The number of piperidine rings is 1. The van der Waals surface area contributed by atoms with Gasteiger partial charge in [0.25, 0.3) is 5.91 Å². The highest BCUT2D eigenvalue weighted by molar-refractivity contribution is 6.39. The van der Waals surface area contributed by atoms with Crippen LogP contribution in [0.4, 0.5) is 10.1 Å². The zero-order valence-corrected chi connectivity index (χ0v) is 22.8. The molecule has 0 bridgehead atoms. The van der Waals surface area contributed by atoms with Crippen molar-refractivity contribution in [2.45, 2.75) is 45.0 Å². The molecule has 0 aromatic heterocycles. The number of amides is 3. The minimum atomic E-state index is -1.16. The molecule has 13 heteroatoms. The second-order valence-electron chi connectivity index (χ2n) is 10.7. The van der Waals surface area contributed by atoms with Crippen LogP contribution >= 0.6 is 23.2 Å². The normalized spacial score (nSPS) is 27.9. The highest BCUT2D eigenvalue weighted by Gasteiger charge is 2.69. The van der Waals surface area contributed by atoms with E-state index in [0.717, 1.165) is 12.1 Å². The minimum Gasteiger partial charge on any atom is -0.378 e. The maximum absolute atomic E-state index is 13.6. The summed E-state index contributed by atoms with van der Waals surface area (Å²) in [5.74, 6) is -3.56. The van der Waals surface area contributed by atoms with Crippen LogP contribution in [-0.4, -0.2) is 78.5 Å². The first-order valence-electron chi connectivity index (χ1n) is 12.5. The third-order valence-electron chi connectivity index (χ3n) is 8.16. The van der Waals surface area contributed by atoms with Gasteiger partial charge in [0.15, 0.2) is 0 Å². The summed E-state index contributed by atoms with van der Waals surface area (Å²) in [4.78, 5) is 53.3. The molecular weight excluding hydrogens is 540 g/mol. The topological polar surface area (TPSA) is 140 Å². The number of hydrogen-bond acceptors (Lipinski definition) is 7. The van der Waals surface area contributed by atoms with Gasteiger partial charge in [0, 0.05) is 19.5 Å². The summed E-state index contributed by atoms with van der Waals surface area (Å²) in [5.41, 5.74) is 0.0236. The molecule has 5 N–H and O–H groups in total. The number of nitrogens with zero attached hydrogens (tertiary/aromatic N) is 1. The zero-order valence-electron chi connectivity index (χ0n) is 21.3. The van der Waals surface area contributed by atoms with Crippen LogP contribution in [0.25, 0.3) is 0 Å². The molecule has 1 aromatic carbocycles. The molecular formula is C25H32Cl2FN5O5. The Labute approximate surface area is 230 Å². The van der Waals surface area contributed by atoms with Crippen LogP contribution in [0.15, 0.2) is 12.1 Å². The Morgan fingerprint density at radius 2 is 1.89 bits per heavy atom. The number of aliphatic hydroxyl groups excluding tert-OH is 1. The molecule has 2 heterocycles. The molecule has 3 aliphatic rings. The van der Waals surface area contributed by atoms with Crippen molar-refractivity contribution in [2.24, 2.45) is 23.2 Å². The molecule has 38 heavy (non-hydrogen) atoms. The number of hydrogen-bond donors (Lipinski definition) is 5. The predicted molar refractivity (Wildman–Crippen MR) is 139 cm³/mol. The SMILES string of the molecule is CNC(=O)C(=O)C(C[C@@H]1CCNC1O)NC(=O)[C@@H]1[C@@H]2[C@H](CN1C(=O)CNc1c(Cl)cc(F)cc1Cl)C2(C)C. The van der Waals surface area contributed by atoms with Crippen molar-refractivity contribution in [2.75, 3.05) is 32.0 Å². The van der Waals surface area contributed by atoms with E-state index in [9.17, 15) is 28.7 Å². The van der Waals surface area contributed by atoms with Gasteiger partial charge in [0.2, 0.25) is 17.6 Å². The number of rotatable bonds is 9. The van der Waals surface area contributed by atoms with Crippen LogP contribution in [0.2, 0.25) is 10.0 Å². The highest BCUT2D eigenvalue weighted by atomic mass is 35.5. The number of nitrogens with one attached hydrogen (secondary N) is 4. The first-order chi connectivity index (χ1) is 17.9. The molecule has 10 nitrogen and oxygen atoms in total. The molecule has 0 spiro atoms. The second kappa shape index (κ2) is 11.0. The molecule has 3 fully saturated rings. The summed E-state index contributed by atoms with van der Waals surface area (Å²) in [7, 11) is 1.33. The van der Waals surface area contributed by atoms with Crippen LogP contribution in [0.1, 0.15) is 26.7 Å². The molecule has 1 saturated carbocycles. The summed E-state index contributed by atoms with van der Waals surface area (Å²) in [6.45, 7) is 4.71. The monoisotopic (exact) mass is 571 g/mol. The number of anilines is 1. The van der Waals surface area contributed by atoms with Crippen molar-refractivity contribution in [3.8, 4) is 0 Å². The number of carbonyl (C=O) groups is 4. The van der Waals surface area contributed by atoms with Gasteiger partial charge >= 0.3 is 0 Å². The van der Waals surface area contributed by atoms with E-state index in [1.165, 1.54) is 11.9 Å². The van der Waals surface area contributed by atoms with Gasteiger partial charge in [-0.3, -0.25) is 24.5 Å². The molecule has 208 valence electrons. The standard InChI is InChI=1S/C25H32Cl2FN5O5/c1-25(2)13-10-33(17(34)9-31-19-14(26)7-12(28)8-15(19)27)20(18(13)25)23(37)32-16(21(35)24(38)29-3)6-11-4-5-30-22(11)36/h7-8,11,13,16,18,20,22,30-31,36H,4-6,9-10H2,1-3H3,(H,29,38)(H,32,37)/t11-,13-,16?,18-,20-,22?/m0/s1. The van der Waals surface area contributed by atoms with E-state index in [1.807, 2.05) is 13.8 Å². The van der Waals surface area contributed by atoms with Gasteiger partial charge in [-0.25, -0.2) is 4.39 Å². The van der Waals surface area contributed by atoms with Crippen molar-refractivity contribution in [3.05, 3.63) is 28.0 Å². The molecule has 6 atom stereocenters.